The van der Waals surface area contributed by atoms with Crippen LogP contribution in [0.25, 0.3) is 0 Å². The van der Waals surface area contributed by atoms with Crippen molar-refractivity contribution in [2.45, 2.75) is 0 Å². The number of carbonyl (C=O) groups excluding carboxylic acids is 1. The van der Waals surface area contributed by atoms with Gasteiger partial charge in [-0.05, 0) is 30.3 Å². The summed E-state index contributed by atoms with van der Waals surface area (Å²) >= 11 is 0. The lowest BCUT2D eigenvalue weighted by atomic mass is 10.1. The van der Waals surface area contributed by atoms with Gasteiger partial charge < -0.3 is 10.1 Å². The highest BCUT2D eigenvalue weighted by Gasteiger charge is 2.11. The molecule has 0 aliphatic carbocycles. The van der Waals surface area contributed by atoms with E-state index in [1.807, 2.05) is 6.07 Å². The van der Waals surface area contributed by atoms with E-state index in [4.69, 9.17) is 10.00 Å². The molecule has 25 heavy (non-hydrogen) atoms. The van der Waals surface area contributed by atoms with Crippen LogP contribution in [0.15, 0.2) is 61.2 Å². The van der Waals surface area contributed by atoms with Crippen molar-refractivity contribution < 1.29 is 13.9 Å². The van der Waals surface area contributed by atoms with Crippen LogP contribution in [0.5, 0.6) is 11.5 Å². The van der Waals surface area contributed by atoms with Gasteiger partial charge in [-0.15, -0.1) is 0 Å². The third-order valence-corrected chi connectivity index (χ3v) is 3.21. The highest BCUT2D eigenvalue weighted by molar-refractivity contribution is 6.04. The molecule has 0 saturated carbocycles. The van der Waals surface area contributed by atoms with Crippen molar-refractivity contribution >= 4 is 11.6 Å². The molecule has 0 fully saturated rings. The van der Waals surface area contributed by atoms with Crippen LogP contribution in [0.2, 0.25) is 0 Å². The molecular formula is C18H11FN4O2. The fourth-order valence-electron chi connectivity index (χ4n) is 2.06. The number of rotatable bonds is 4. The van der Waals surface area contributed by atoms with Crippen LogP contribution < -0.4 is 10.1 Å². The first kappa shape index (κ1) is 16.1. The molecule has 0 aliphatic heterocycles. The van der Waals surface area contributed by atoms with Crippen molar-refractivity contribution in [3.63, 3.8) is 0 Å². The number of carbonyl (C=O) groups is 1. The summed E-state index contributed by atoms with van der Waals surface area (Å²) < 4.78 is 19.3. The lowest BCUT2D eigenvalue weighted by Crippen LogP contribution is -2.12. The fourth-order valence-corrected chi connectivity index (χ4v) is 2.06. The van der Waals surface area contributed by atoms with Gasteiger partial charge in [0.15, 0.2) is 17.3 Å². The number of nitrogens with one attached hydrogen (secondary N) is 1. The molecule has 0 bridgehead atoms. The largest absolute Gasteiger partial charge is 0.451 e. The third kappa shape index (κ3) is 3.95. The zero-order valence-electron chi connectivity index (χ0n) is 12.8. The maximum absolute atomic E-state index is 13.9. The molecule has 0 radical (unpaired) electrons. The Labute approximate surface area is 142 Å². The minimum absolute atomic E-state index is 0.0709. The molecule has 3 aromatic rings. The molecule has 0 atom stereocenters. The predicted molar refractivity (Wildman–Crippen MR) is 87.6 cm³/mol. The highest BCUT2D eigenvalue weighted by Crippen LogP contribution is 2.26. The average Bonchev–Trinajstić information content (AvgIpc) is 2.65. The smallest absolute Gasteiger partial charge is 0.255 e. The van der Waals surface area contributed by atoms with E-state index in [0.29, 0.717) is 16.8 Å². The number of anilines is 1. The Morgan fingerprint density at radius 3 is 2.72 bits per heavy atom. The van der Waals surface area contributed by atoms with Gasteiger partial charge in [0.1, 0.15) is 6.33 Å². The molecule has 2 aromatic carbocycles. The summed E-state index contributed by atoms with van der Waals surface area (Å²) in [4.78, 5) is 19.8. The van der Waals surface area contributed by atoms with E-state index in [2.05, 4.69) is 15.3 Å². The van der Waals surface area contributed by atoms with Gasteiger partial charge in [-0.1, -0.05) is 6.07 Å². The topological polar surface area (TPSA) is 87.9 Å². The summed E-state index contributed by atoms with van der Waals surface area (Å²) in [5, 5.41) is 11.5. The van der Waals surface area contributed by atoms with Gasteiger partial charge in [-0.2, -0.15) is 5.26 Å². The molecule has 3 rings (SSSR count). The summed E-state index contributed by atoms with van der Waals surface area (Å²) in [6.07, 6.45) is 4.12. The first-order valence-corrected chi connectivity index (χ1v) is 7.19. The van der Waals surface area contributed by atoms with Crippen LogP contribution in [0, 0.1) is 17.1 Å². The normalized spacial score (nSPS) is 9.92. The van der Waals surface area contributed by atoms with Crippen molar-refractivity contribution in [2.24, 2.45) is 0 Å². The second kappa shape index (κ2) is 7.19. The van der Waals surface area contributed by atoms with E-state index < -0.39 is 11.7 Å². The molecule has 6 nitrogen and oxygen atoms in total. The average molecular weight is 334 g/mol. The van der Waals surface area contributed by atoms with Gasteiger partial charge in [0, 0.05) is 17.3 Å². The quantitative estimate of drug-likeness (QED) is 0.788. The van der Waals surface area contributed by atoms with Gasteiger partial charge in [-0.3, -0.25) is 4.79 Å². The number of ether oxygens (including phenoxy) is 1. The van der Waals surface area contributed by atoms with E-state index in [0.717, 1.165) is 0 Å². The summed E-state index contributed by atoms with van der Waals surface area (Å²) in [6.45, 7) is 0. The monoisotopic (exact) mass is 334 g/mol. The van der Waals surface area contributed by atoms with E-state index in [-0.39, 0.29) is 11.5 Å². The summed E-state index contributed by atoms with van der Waals surface area (Å²) in [6, 6.07) is 12.2. The fraction of sp³-hybridized carbons (Fsp3) is 0. The lowest BCUT2D eigenvalue weighted by Gasteiger charge is -2.10. The Bertz CT molecular complexity index is 955. The molecule has 0 aliphatic rings. The molecule has 1 aromatic heterocycles. The Kier molecular flexibility index (Phi) is 4.62. The number of halogens is 1. The number of aromatic nitrogens is 2. The van der Waals surface area contributed by atoms with E-state index in [1.54, 1.807) is 18.2 Å². The SMILES string of the molecule is N#Cc1cccc(C(=O)Nc2ccc(F)c(Oc3cncnc3)c2)c1. The zero-order chi connectivity index (χ0) is 17.6. The Hall–Kier alpha value is -3.79. The Morgan fingerprint density at radius 1 is 1.16 bits per heavy atom. The highest BCUT2D eigenvalue weighted by atomic mass is 19.1. The summed E-state index contributed by atoms with van der Waals surface area (Å²) in [5.41, 5.74) is 1.04. The Balaban J connectivity index is 1.80. The number of benzene rings is 2. The van der Waals surface area contributed by atoms with Gasteiger partial charge in [-0.25, -0.2) is 14.4 Å². The van der Waals surface area contributed by atoms with Crippen LogP contribution in [0.4, 0.5) is 10.1 Å². The molecule has 0 spiro atoms. The summed E-state index contributed by atoms with van der Waals surface area (Å²) in [7, 11) is 0. The number of nitriles is 1. The maximum Gasteiger partial charge on any atom is 0.255 e. The lowest BCUT2D eigenvalue weighted by molar-refractivity contribution is 0.102. The second-order valence-electron chi connectivity index (χ2n) is 4.97. The van der Waals surface area contributed by atoms with Gasteiger partial charge >= 0.3 is 0 Å². The zero-order valence-corrected chi connectivity index (χ0v) is 12.8. The van der Waals surface area contributed by atoms with Crippen molar-refractivity contribution in [2.75, 3.05) is 5.32 Å². The van der Waals surface area contributed by atoms with Crippen molar-refractivity contribution in [1.82, 2.24) is 9.97 Å². The summed E-state index contributed by atoms with van der Waals surface area (Å²) in [5.74, 6) is -0.809. The number of hydrogen-bond donors (Lipinski definition) is 1. The van der Waals surface area contributed by atoms with Gasteiger partial charge in [0.05, 0.1) is 24.0 Å². The van der Waals surface area contributed by atoms with E-state index in [1.165, 1.54) is 43.0 Å². The van der Waals surface area contributed by atoms with Gasteiger partial charge in [0.25, 0.3) is 5.91 Å². The van der Waals surface area contributed by atoms with Crippen LogP contribution in [-0.2, 0) is 0 Å². The molecule has 1 N–H and O–H groups in total. The van der Waals surface area contributed by atoms with Crippen LogP contribution in [-0.4, -0.2) is 15.9 Å². The molecule has 1 heterocycles. The molecular weight excluding hydrogens is 323 g/mol. The standard InChI is InChI=1S/C18H11FN4O2/c19-16-5-4-14(7-17(16)25-15-9-21-11-22-10-15)23-18(24)13-3-1-2-12(6-13)8-20/h1-7,9-11H,(H,23,24). The van der Waals surface area contributed by atoms with Crippen LogP contribution in [0.1, 0.15) is 15.9 Å². The third-order valence-electron chi connectivity index (χ3n) is 3.21. The first-order valence-electron chi connectivity index (χ1n) is 7.19. The first-order chi connectivity index (χ1) is 12.2. The van der Waals surface area contributed by atoms with Crippen LogP contribution in [0.3, 0.4) is 0 Å². The number of amides is 1. The molecule has 0 unspecified atom stereocenters. The molecule has 7 heteroatoms. The predicted octanol–water partition coefficient (Wildman–Crippen LogP) is 3.53. The number of hydrogen-bond acceptors (Lipinski definition) is 5. The maximum atomic E-state index is 13.9. The second-order valence-corrected chi connectivity index (χ2v) is 4.97. The van der Waals surface area contributed by atoms with Crippen LogP contribution >= 0.6 is 0 Å². The van der Waals surface area contributed by atoms with E-state index in [9.17, 15) is 9.18 Å². The van der Waals surface area contributed by atoms with Gasteiger partial charge in [0.2, 0.25) is 0 Å². The molecule has 0 saturated heterocycles. The van der Waals surface area contributed by atoms with Crippen molar-refractivity contribution in [1.29, 1.82) is 5.26 Å². The minimum Gasteiger partial charge on any atom is -0.451 e. The number of nitrogens with zero attached hydrogens (tertiary/aromatic N) is 3. The van der Waals surface area contributed by atoms with E-state index >= 15 is 0 Å². The molecule has 122 valence electrons. The van der Waals surface area contributed by atoms with Crippen molar-refractivity contribution in [3.8, 4) is 17.6 Å². The minimum atomic E-state index is -0.590. The molecule has 1 amide bonds. The van der Waals surface area contributed by atoms with Crippen molar-refractivity contribution in [3.05, 3.63) is 78.1 Å². The Morgan fingerprint density at radius 2 is 1.96 bits per heavy atom.